The summed E-state index contributed by atoms with van der Waals surface area (Å²) in [6.07, 6.45) is 5.78. The van der Waals surface area contributed by atoms with E-state index in [-0.39, 0.29) is 12.1 Å². The molecule has 4 rings (SSSR count). The van der Waals surface area contributed by atoms with Gasteiger partial charge in [0.1, 0.15) is 23.5 Å². The molecule has 0 bridgehead atoms. The summed E-state index contributed by atoms with van der Waals surface area (Å²) in [5, 5.41) is 0. The van der Waals surface area contributed by atoms with Crippen molar-refractivity contribution in [2.24, 2.45) is 5.92 Å². The molecule has 164 valence electrons. The molecule has 1 amide bonds. The van der Waals surface area contributed by atoms with Gasteiger partial charge >= 0.3 is 6.09 Å². The van der Waals surface area contributed by atoms with Crippen LogP contribution in [-0.2, 0) is 4.74 Å². The van der Waals surface area contributed by atoms with Crippen LogP contribution in [0.5, 0.6) is 5.75 Å². The Kier molecular flexibility index (Phi) is 5.92. The number of pyridine rings is 2. The van der Waals surface area contributed by atoms with E-state index < -0.39 is 5.60 Å². The number of likely N-dealkylation sites (tertiary alicyclic amines) is 1. The summed E-state index contributed by atoms with van der Waals surface area (Å²) in [7, 11) is 0. The van der Waals surface area contributed by atoms with Crippen molar-refractivity contribution in [2.45, 2.75) is 45.8 Å². The Morgan fingerprint density at radius 2 is 2.13 bits per heavy atom. The maximum atomic E-state index is 12.7. The summed E-state index contributed by atoms with van der Waals surface area (Å²) in [6.45, 7) is 8.82. The van der Waals surface area contributed by atoms with Gasteiger partial charge in [-0.25, -0.2) is 4.79 Å². The smallest absolute Gasteiger partial charge is 0.410 e. The Morgan fingerprint density at radius 3 is 2.87 bits per heavy atom. The molecule has 0 spiro atoms. The van der Waals surface area contributed by atoms with Gasteiger partial charge in [0.2, 0.25) is 0 Å². The fraction of sp³-hybridized carbons (Fsp3) is 0.435. The maximum Gasteiger partial charge on any atom is 0.410 e. The average Bonchev–Trinajstić information content (AvgIpc) is 3.25. The first-order valence-corrected chi connectivity index (χ1v) is 11.2. The summed E-state index contributed by atoms with van der Waals surface area (Å²) in [6, 6.07) is 5.74. The van der Waals surface area contributed by atoms with E-state index in [1.54, 1.807) is 23.5 Å². The zero-order valence-electron chi connectivity index (χ0n) is 18.2. The molecular formula is C23H27BrN4O3. The monoisotopic (exact) mass is 486 g/mol. The Hall–Kier alpha value is -2.61. The van der Waals surface area contributed by atoms with Crippen molar-refractivity contribution >= 4 is 33.1 Å². The number of hydrogen-bond acceptors (Lipinski definition) is 5. The molecule has 0 unspecified atom stereocenters. The molecule has 0 aromatic carbocycles. The van der Waals surface area contributed by atoms with E-state index in [9.17, 15) is 4.79 Å². The average molecular weight is 487 g/mol. The predicted octanol–water partition coefficient (Wildman–Crippen LogP) is 5.41. The van der Waals surface area contributed by atoms with Gasteiger partial charge < -0.3 is 19.4 Å². The number of aromatic amines is 1. The third-order valence-corrected chi connectivity index (χ3v) is 6.00. The van der Waals surface area contributed by atoms with Crippen molar-refractivity contribution in [3.63, 3.8) is 0 Å². The Morgan fingerprint density at radius 1 is 1.32 bits per heavy atom. The Bertz CT molecular complexity index is 1090. The molecule has 1 aliphatic heterocycles. The molecule has 0 saturated carbocycles. The second-order valence-electron chi connectivity index (χ2n) is 9.02. The normalized spacial score (nSPS) is 19.1. The predicted molar refractivity (Wildman–Crippen MR) is 123 cm³/mol. The summed E-state index contributed by atoms with van der Waals surface area (Å²) in [4.78, 5) is 26.6. The van der Waals surface area contributed by atoms with Crippen LogP contribution in [0.25, 0.3) is 22.3 Å². The van der Waals surface area contributed by atoms with Crippen LogP contribution in [0.3, 0.4) is 0 Å². The molecular weight excluding hydrogens is 460 g/mol. The molecule has 2 atom stereocenters. The summed E-state index contributed by atoms with van der Waals surface area (Å²) in [5.74, 6) is 1.04. The topological polar surface area (TPSA) is 80.3 Å². The van der Waals surface area contributed by atoms with E-state index in [0.29, 0.717) is 24.8 Å². The molecule has 3 aromatic heterocycles. The van der Waals surface area contributed by atoms with Crippen molar-refractivity contribution in [3.05, 3.63) is 41.3 Å². The molecule has 3 aromatic rings. The first-order valence-electron chi connectivity index (χ1n) is 10.4. The Labute approximate surface area is 190 Å². The van der Waals surface area contributed by atoms with Crippen LogP contribution in [0.4, 0.5) is 4.79 Å². The number of nitrogens with zero attached hydrogens (tertiary/aromatic N) is 3. The lowest BCUT2D eigenvalue weighted by Gasteiger charge is -2.28. The van der Waals surface area contributed by atoms with Gasteiger partial charge in [0, 0.05) is 24.5 Å². The van der Waals surface area contributed by atoms with Gasteiger partial charge in [-0.1, -0.05) is 6.92 Å². The van der Waals surface area contributed by atoms with Crippen molar-refractivity contribution in [1.29, 1.82) is 0 Å². The minimum absolute atomic E-state index is 0.0503. The van der Waals surface area contributed by atoms with Crippen LogP contribution in [-0.4, -0.2) is 50.7 Å². The van der Waals surface area contributed by atoms with Crippen LogP contribution in [0.1, 0.15) is 34.1 Å². The highest BCUT2D eigenvalue weighted by atomic mass is 79.9. The lowest BCUT2D eigenvalue weighted by Crippen LogP contribution is -2.42. The maximum absolute atomic E-state index is 12.7. The number of rotatable bonds is 4. The molecule has 7 nitrogen and oxygen atoms in total. The quantitative estimate of drug-likeness (QED) is 0.532. The standard InChI is InChI=1S/C23H27BrN4O3/c1-14-10-15(28(12-14)22(29)31-23(2,3)4)13-30-18-11-25-9-7-16(18)20-19(24)21-17(27-20)6-5-8-26-21/h5-9,11,14-15,27H,10,12-13H2,1-4H3/t14-,15-/m0/s1. The number of carbonyl (C=O) groups excluding carboxylic acids is 1. The third kappa shape index (κ3) is 4.69. The van der Waals surface area contributed by atoms with Gasteiger partial charge in [-0.3, -0.25) is 9.97 Å². The summed E-state index contributed by atoms with van der Waals surface area (Å²) < 4.78 is 12.7. The lowest BCUT2D eigenvalue weighted by molar-refractivity contribution is 0.0184. The van der Waals surface area contributed by atoms with Gasteiger partial charge in [-0.05, 0) is 67.2 Å². The highest BCUT2D eigenvalue weighted by Crippen LogP contribution is 2.38. The van der Waals surface area contributed by atoms with Crippen molar-refractivity contribution in [1.82, 2.24) is 19.9 Å². The number of halogens is 1. The van der Waals surface area contributed by atoms with Gasteiger partial charge in [-0.15, -0.1) is 0 Å². The number of fused-ring (bicyclic) bond motifs is 1. The zero-order chi connectivity index (χ0) is 22.2. The van der Waals surface area contributed by atoms with E-state index in [1.165, 1.54) is 0 Å². The minimum Gasteiger partial charge on any atom is -0.489 e. The van der Waals surface area contributed by atoms with E-state index in [0.717, 1.165) is 33.2 Å². The number of aromatic nitrogens is 3. The second-order valence-corrected chi connectivity index (χ2v) is 9.82. The summed E-state index contributed by atoms with van der Waals surface area (Å²) in [5.41, 5.74) is 3.04. The van der Waals surface area contributed by atoms with Crippen molar-refractivity contribution in [3.8, 4) is 17.0 Å². The molecule has 1 fully saturated rings. The van der Waals surface area contributed by atoms with Crippen LogP contribution in [0.15, 0.2) is 41.3 Å². The number of amides is 1. The van der Waals surface area contributed by atoms with E-state index in [2.05, 4.69) is 37.8 Å². The molecule has 8 heteroatoms. The molecule has 31 heavy (non-hydrogen) atoms. The van der Waals surface area contributed by atoms with Gasteiger partial charge in [0.05, 0.1) is 27.9 Å². The lowest BCUT2D eigenvalue weighted by atomic mass is 10.1. The van der Waals surface area contributed by atoms with Gasteiger partial charge in [0.15, 0.2) is 0 Å². The molecule has 0 aliphatic carbocycles. The van der Waals surface area contributed by atoms with Gasteiger partial charge in [-0.2, -0.15) is 0 Å². The zero-order valence-corrected chi connectivity index (χ0v) is 19.8. The highest BCUT2D eigenvalue weighted by Gasteiger charge is 2.36. The van der Waals surface area contributed by atoms with Gasteiger partial charge in [0.25, 0.3) is 0 Å². The van der Waals surface area contributed by atoms with Crippen LogP contribution >= 0.6 is 15.9 Å². The first-order chi connectivity index (χ1) is 14.7. The molecule has 1 saturated heterocycles. The number of H-pyrrole nitrogens is 1. The Balaban J connectivity index is 1.55. The molecule has 0 radical (unpaired) electrons. The number of hydrogen-bond donors (Lipinski definition) is 1. The molecule has 1 aliphatic rings. The van der Waals surface area contributed by atoms with Crippen LogP contribution < -0.4 is 4.74 Å². The largest absolute Gasteiger partial charge is 0.489 e. The number of nitrogens with one attached hydrogen (secondary N) is 1. The number of carbonyl (C=O) groups is 1. The molecule has 1 N–H and O–H groups in total. The first kappa shape index (κ1) is 21.6. The minimum atomic E-state index is -0.527. The number of ether oxygens (including phenoxy) is 2. The second kappa shape index (κ2) is 8.49. The van der Waals surface area contributed by atoms with Crippen LogP contribution in [0, 0.1) is 5.92 Å². The van der Waals surface area contributed by atoms with E-state index >= 15 is 0 Å². The fourth-order valence-electron chi connectivity index (χ4n) is 3.92. The third-order valence-electron chi connectivity index (χ3n) is 5.23. The highest BCUT2D eigenvalue weighted by molar-refractivity contribution is 9.10. The van der Waals surface area contributed by atoms with E-state index in [1.807, 2.05) is 39.0 Å². The van der Waals surface area contributed by atoms with Crippen molar-refractivity contribution in [2.75, 3.05) is 13.2 Å². The van der Waals surface area contributed by atoms with Crippen molar-refractivity contribution < 1.29 is 14.3 Å². The van der Waals surface area contributed by atoms with E-state index in [4.69, 9.17) is 9.47 Å². The summed E-state index contributed by atoms with van der Waals surface area (Å²) >= 11 is 3.67. The SMILES string of the molecule is C[C@H]1C[C@@H](COc2cnccc2-c2[nH]c3cccnc3c2Br)N(C(=O)OC(C)(C)C)C1. The fourth-order valence-corrected chi connectivity index (χ4v) is 4.54. The molecule has 4 heterocycles. The van der Waals surface area contributed by atoms with Crippen LogP contribution in [0.2, 0.25) is 0 Å².